The summed E-state index contributed by atoms with van der Waals surface area (Å²) in [5.41, 5.74) is 0.337. The Morgan fingerprint density at radius 3 is 2.88 bits per heavy atom. The van der Waals surface area contributed by atoms with Gasteiger partial charge in [-0.1, -0.05) is 11.8 Å². The maximum Gasteiger partial charge on any atom is 0.412 e. The Morgan fingerprint density at radius 2 is 2.29 bits per heavy atom. The van der Waals surface area contributed by atoms with E-state index in [1.54, 1.807) is 6.07 Å². The van der Waals surface area contributed by atoms with E-state index >= 15 is 0 Å². The maximum atomic E-state index is 11.5. The fourth-order valence-corrected chi connectivity index (χ4v) is 1.79. The molecule has 0 fully saturated rings. The Morgan fingerprint density at radius 1 is 1.59 bits per heavy atom. The van der Waals surface area contributed by atoms with Crippen molar-refractivity contribution in [1.29, 1.82) is 0 Å². The lowest BCUT2D eigenvalue weighted by Crippen LogP contribution is -2.26. The summed E-state index contributed by atoms with van der Waals surface area (Å²) in [6.07, 6.45) is -0.462. The first kappa shape index (κ1) is 13.9. The third-order valence-electron chi connectivity index (χ3n) is 1.52. The average Bonchev–Trinajstić information content (AvgIpc) is 2.59. The van der Waals surface area contributed by atoms with Gasteiger partial charge in [-0.15, -0.1) is 22.9 Å². The van der Waals surface area contributed by atoms with Crippen molar-refractivity contribution < 1.29 is 9.53 Å². The third-order valence-corrected chi connectivity index (χ3v) is 2.50. The fourth-order valence-electron chi connectivity index (χ4n) is 1.01. The van der Waals surface area contributed by atoms with Crippen LogP contribution in [0.5, 0.6) is 0 Å². The van der Waals surface area contributed by atoms with Crippen molar-refractivity contribution in [2.45, 2.75) is 26.4 Å². The molecule has 1 aromatic heterocycles. The van der Waals surface area contributed by atoms with Gasteiger partial charge in [-0.05, 0) is 26.8 Å². The number of hydrogen-bond acceptors (Lipinski definition) is 3. The van der Waals surface area contributed by atoms with Crippen LogP contribution in [0.15, 0.2) is 11.4 Å². The summed E-state index contributed by atoms with van der Waals surface area (Å²) in [4.78, 5) is 11.5. The molecule has 0 unspecified atom stereocenters. The first-order chi connectivity index (χ1) is 7.90. The number of anilines is 1. The first-order valence-electron chi connectivity index (χ1n) is 5.04. The Bertz CT molecular complexity index is 451. The number of carbonyl (C=O) groups excluding carboxylic acids is 1. The van der Waals surface area contributed by atoms with Crippen LogP contribution < -0.4 is 5.32 Å². The zero-order chi connectivity index (χ0) is 12.9. The van der Waals surface area contributed by atoms with Crippen LogP contribution in [0.3, 0.4) is 0 Å². The molecule has 0 aromatic carbocycles. The lowest BCUT2D eigenvalue weighted by atomic mass is 10.2. The van der Waals surface area contributed by atoms with Gasteiger partial charge in [0.2, 0.25) is 0 Å². The number of amides is 1. The molecular formula is C12H14ClNO2S. The number of halogens is 1. The minimum absolute atomic E-state index is 0.296. The second-order valence-corrected chi connectivity index (χ2v) is 5.44. The summed E-state index contributed by atoms with van der Waals surface area (Å²) in [5.74, 6) is 5.92. The number of thiophene rings is 1. The lowest BCUT2D eigenvalue weighted by molar-refractivity contribution is 0.0636. The van der Waals surface area contributed by atoms with Crippen LogP contribution in [-0.4, -0.2) is 17.6 Å². The van der Waals surface area contributed by atoms with Crippen LogP contribution in [0, 0.1) is 11.8 Å². The standard InChI is InChI=1S/C12H14ClNO2S/c1-12(2,3)16-11(15)14-10-7-9(8-17-10)5-4-6-13/h7-8H,6H2,1-3H3,(H,14,15). The van der Waals surface area contributed by atoms with E-state index in [0.717, 1.165) is 5.56 Å². The highest BCUT2D eigenvalue weighted by atomic mass is 35.5. The van der Waals surface area contributed by atoms with Crippen molar-refractivity contribution in [3.63, 3.8) is 0 Å². The summed E-state index contributed by atoms with van der Waals surface area (Å²) < 4.78 is 5.13. The molecule has 0 saturated heterocycles. The maximum absolute atomic E-state index is 11.5. The van der Waals surface area contributed by atoms with Gasteiger partial charge in [-0.2, -0.15) is 0 Å². The van der Waals surface area contributed by atoms with E-state index in [1.807, 2.05) is 26.2 Å². The predicted octanol–water partition coefficient (Wildman–Crippen LogP) is 3.69. The van der Waals surface area contributed by atoms with E-state index in [2.05, 4.69) is 17.2 Å². The van der Waals surface area contributed by atoms with Crippen molar-refractivity contribution in [3.8, 4) is 11.8 Å². The van der Waals surface area contributed by atoms with E-state index in [1.165, 1.54) is 11.3 Å². The van der Waals surface area contributed by atoms with Gasteiger partial charge >= 0.3 is 6.09 Å². The molecule has 5 heteroatoms. The molecule has 3 nitrogen and oxygen atoms in total. The normalized spacial score (nSPS) is 10.4. The monoisotopic (exact) mass is 271 g/mol. The van der Waals surface area contributed by atoms with Crippen LogP contribution in [0.25, 0.3) is 0 Å². The Balaban J connectivity index is 2.58. The Hall–Kier alpha value is -1.18. The van der Waals surface area contributed by atoms with E-state index in [-0.39, 0.29) is 0 Å². The molecule has 0 atom stereocenters. The van der Waals surface area contributed by atoms with E-state index in [4.69, 9.17) is 16.3 Å². The van der Waals surface area contributed by atoms with Gasteiger partial charge < -0.3 is 4.74 Å². The summed E-state index contributed by atoms with van der Waals surface area (Å²) in [6.45, 7) is 5.45. The van der Waals surface area contributed by atoms with Crippen LogP contribution in [0.4, 0.5) is 9.80 Å². The molecule has 0 aliphatic heterocycles. The van der Waals surface area contributed by atoms with Gasteiger partial charge in [0.25, 0.3) is 0 Å². The topological polar surface area (TPSA) is 38.3 Å². The van der Waals surface area contributed by atoms with Gasteiger partial charge in [0.15, 0.2) is 0 Å². The molecule has 92 valence electrons. The molecule has 17 heavy (non-hydrogen) atoms. The number of carbonyl (C=O) groups is 1. The Kier molecular flexibility index (Phi) is 4.86. The molecule has 0 bridgehead atoms. The van der Waals surface area contributed by atoms with Crippen LogP contribution in [-0.2, 0) is 4.74 Å². The van der Waals surface area contributed by atoms with Crippen molar-refractivity contribution in [1.82, 2.24) is 0 Å². The molecule has 1 rings (SSSR count). The van der Waals surface area contributed by atoms with Gasteiger partial charge in [0.1, 0.15) is 5.60 Å². The number of rotatable bonds is 1. The highest BCUT2D eigenvalue weighted by Crippen LogP contribution is 2.20. The largest absolute Gasteiger partial charge is 0.444 e. The van der Waals surface area contributed by atoms with Crippen molar-refractivity contribution in [3.05, 3.63) is 17.0 Å². The van der Waals surface area contributed by atoms with Gasteiger partial charge in [0, 0.05) is 10.9 Å². The molecule has 1 amide bonds. The van der Waals surface area contributed by atoms with Crippen molar-refractivity contribution in [2.24, 2.45) is 0 Å². The van der Waals surface area contributed by atoms with Crippen LogP contribution in [0.2, 0.25) is 0 Å². The summed E-state index contributed by atoms with van der Waals surface area (Å²) in [5, 5.41) is 5.21. The Labute approximate surface area is 110 Å². The van der Waals surface area contributed by atoms with Gasteiger partial charge in [-0.25, -0.2) is 4.79 Å². The highest BCUT2D eigenvalue weighted by molar-refractivity contribution is 7.14. The minimum atomic E-state index is -0.497. The summed E-state index contributed by atoms with van der Waals surface area (Å²) >= 11 is 6.85. The molecule has 1 aromatic rings. The molecule has 1 heterocycles. The second kappa shape index (κ2) is 5.95. The first-order valence-corrected chi connectivity index (χ1v) is 6.45. The van der Waals surface area contributed by atoms with Crippen molar-refractivity contribution >= 4 is 34.0 Å². The van der Waals surface area contributed by atoms with Crippen LogP contribution >= 0.6 is 22.9 Å². The SMILES string of the molecule is CC(C)(C)OC(=O)Nc1cc(C#CCCl)cs1. The smallest absolute Gasteiger partial charge is 0.412 e. The number of hydrogen-bond donors (Lipinski definition) is 1. The molecule has 0 aliphatic carbocycles. The predicted molar refractivity (Wildman–Crippen MR) is 71.8 cm³/mol. The molecule has 1 N–H and O–H groups in total. The average molecular weight is 272 g/mol. The number of ether oxygens (including phenoxy) is 1. The zero-order valence-corrected chi connectivity index (χ0v) is 11.5. The minimum Gasteiger partial charge on any atom is -0.444 e. The number of nitrogens with one attached hydrogen (secondary N) is 1. The molecule has 0 saturated carbocycles. The quantitative estimate of drug-likeness (QED) is 0.625. The second-order valence-electron chi connectivity index (χ2n) is 4.26. The fraction of sp³-hybridized carbons (Fsp3) is 0.417. The summed E-state index contributed by atoms with van der Waals surface area (Å²) in [7, 11) is 0. The molecule has 0 aliphatic rings. The number of alkyl halides is 1. The van der Waals surface area contributed by atoms with E-state index in [0.29, 0.717) is 10.9 Å². The molecular weight excluding hydrogens is 258 g/mol. The molecule has 0 radical (unpaired) electrons. The van der Waals surface area contributed by atoms with E-state index < -0.39 is 11.7 Å². The highest BCUT2D eigenvalue weighted by Gasteiger charge is 2.16. The van der Waals surface area contributed by atoms with E-state index in [9.17, 15) is 4.79 Å². The molecule has 0 spiro atoms. The van der Waals surface area contributed by atoms with Gasteiger partial charge in [-0.3, -0.25) is 5.32 Å². The van der Waals surface area contributed by atoms with Crippen LogP contribution in [0.1, 0.15) is 26.3 Å². The third kappa shape index (κ3) is 5.62. The lowest BCUT2D eigenvalue weighted by Gasteiger charge is -2.19. The summed E-state index contributed by atoms with van der Waals surface area (Å²) in [6, 6.07) is 1.79. The zero-order valence-electron chi connectivity index (χ0n) is 9.96. The van der Waals surface area contributed by atoms with Gasteiger partial charge in [0.05, 0.1) is 10.9 Å². The van der Waals surface area contributed by atoms with Crippen molar-refractivity contribution in [2.75, 3.05) is 11.2 Å².